The number of amides is 1. The summed E-state index contributed by atoms with van der Waals surface area (Å²) in [6.45, 7) is 8.95. The highest BCUT2D eigenvalue weighted by Gasteiger charge is 2.21. The molecule has 5 heteroatoms. The molecule has 0 bridgehead atoms. The summed E-state index contributed by atoms with van der Waals surface area (Å²) in [7, 11) is 2.02. The minimum Gasteiger partial charge on any atom is -0.342 e. The summed E-state index contributed by atoms with van der Waals surface area (Å²) >= 11 is 0. The van der Waals surface area contributed by atoms with Gasteiger partial charge in [-0.3, -0.25) is 9.69 Å². The van der Waals surface area contributed by atoms with Crippen LogP contribution in [0.4, 0.5) is 0 Å². The first-order chi connectivity index (χ1) is 10.6. The lowest BCUT2D eigenvalue weighted by molar-refractivity contribution is -0.133. The first-order valence-electron chi connectivity index (χ1n) is 8.56. The number of hydrogen-bond acceptors (Lipinski definition) is 3. The maximum absolute atomic E-state index is 12.4. The fourth-order valence-corrected chi connectivity index (χ4v) is 3.16. The third-order valence-electron chi connectivity index (χ3n) is 4.48. The average Bonchev–Trinajstić information content (AvgIpc) is 2.90. The molecule has 1 atom stereocenters. The van der Waals surface area contributed by atoms with E-state index in [2.05, 4.69) is 33.2 Å². The highest BCUT2D eigenvalue weighted by molar-refractivity contribution is 5.76. The van der Waals surface area contributed by atoms with Crippen molar-refractivity contribution in [2.24, 2.45) is 13.0 Å². The Kier molecular flexibility index (Phi) is 6.43. The predicted octanol–water partition coefficient (Wildman–Crippen LogP) is 2.28. The van der Waals surface area contributed by atoms with Gasteiger partial charge in [0.05, 0.1) is 6.54 Å². The van der Waals surface area contributed by atoms with Crippen molar-refractivity contribution in [3.8, 4) is 0 Å². The van der Waals surface area contributed by atoms with Crippen LogP contribution in [0.2, 0.25) is 0 Å². The lowest BCUT2D eigenvalue weighted by Gasteiger charge is -2.31. The Bertz CT molecular complexity index is 471. The molecule has 1 unspecified atom stereocenters. The highest BCUT2D eigenvalue weighted by Crippen LogP contribution is 2.16. The molecule has 1 aromatic heterocycles. The molecule has 0 aromatic carbocycles. The van der Waals surface area contributed by atoms with Crippen molar-refractivity contribution in [1.29, 1.82) is 0 Å². The maximum Gasteiger partial charge on any atom is 0.223 e. The summed E-state index contributed by atoms with van der Waals surface area (Å²) in [5, 5.41) is 0. The summed E-state index contributed by atoms with van der Waals surface area (Å²) in [5.74, 6) is 2.03. The Hall–Kier alpha value is -1.36. The van der Waals surface area contributed by atoms with Crippen LogP contribution in [0.3, 0.4) is 0 Å². The minimum absolute atomic E-state index is 0.312. The molecule has 1 aromatic rings. The van der Waals surface area contributed by atoms with Crippen LogP contribution in [-0.4, -0.2) is 51.4 Å². The Morgan fingerprint density at radius 1 is 1.45 bits per heavy atom. The summed E-state index contributed by atoms with van der Waals surface area (Å²) in [5.41, 5.74) is 0. The molecule has 1 amide bonds. The predicted molar refractivity (Wildman–Crippen MR) is 88.4 cm³/mol. The fraction of sp³-hybridized carbons (Fsp3) is 0.765. The molecule has 2 rings (SSSR count). The van der Waals surface area contributed by atoms with Gasteiger partial charge in [-0.15, -0.1) is 0 Å². The second-order valence-electron chi connectivity index (χ2n) is 6.57. The summed E-state index contributed by atoms with van der Waals surface area (Å²) in [6, 6.07) is 0. The van der Waals surface area contributed by atoms with E-state index in [1.165, 1.54) is 6.42 Å². The number of hydrogen-bond donors (Lipinski definition) is 0. The van der Waals surface area contributed by atoms with Crippen molar-refractivity contribution < 1.29 is 4.79 Å². The lowest BCUT2D eigenvalue weighted by Crippen LogP contribution is -2.40. The van der Waals surface area contributed by atoms with Gasteiger partial charge in [-0.1, -0.05) is 13.8 Å². The van der Waals surface area contributed by atoms with Gasteiger partial charge in [-0.05, 0) is 31.7 Å². The molecule has 1 aliphatic heterocycles. The van der Waals surface area contributed by atoms with Gasteiger partial charge in [0.25, 0.3) is 0 Å². The second-order valence-corrected chi connectivity index (χ2v) is 6.57. The zero-order valence-corrected chi connectivity index (χ0v) is 14.3. The van der Waals surface area contributed by atoms with Crippen molar-refractivity contribution in [1.82, 2.24) is 19.4 Å². The van der Waals surface area contributed by atoms with Gasteiger partial charge in [0.2, 0.25) is 5.91 Å². The zero-order valence-electron chi connectivity index (χ0n) is 14.3. The smallest absolute Gasteiger partial charge is 0.223 e. The number of aromatic nitrogens is 2. The van der Waals surface area contributed by atoms with Gasteiger partial charge in [0.1, 0.15) is 5.82 Å². The third kappa shape index (κ3) is 4.83. The van der Waals surface area contributed by atoms with E-state index in [0.717, 1.165) is 51.4 Å². The first-order valence-corrected chi connectivity index (χ1v) is 8.56. The van der Waals surface area contributed by atoms with E-state index in [-0.39, 0.29) is 0 Å². The molecular weight excluding hydrogens is 276 g/mol. The molecule has 5 nitrogen and oxygen atoms in total. The lowest BCUT2D eigenvalue weighted by atomic mass is 10.00. The van der Waals surface area contributed by atoms with Crippen LogP contribution < -0.4 is 0 Å². The molecule has 0 saturated carbocycles. The molecule has 0 radical (unpaired) electrons. The molecule has 0 spiro atoms. The number of aryl methyl sites for hydroxylation is 1. The summed E-state index contributed by atoms with van der Waals surface area (Å²) in [4.78, 5) is 21.2. The monoisotopic (exact) mass is 306 g/mol. The van der Waals surface area contributed by atoms with Crippen LogP contribution in [0.1, 0.15) is 45.4 Å². The van der Waals surface area contributed by atoms with Crippen molar-refractivity contribution >= 4 is 5.91 Å². The van der Waals surface area contributed by atoms with Gasteiger partial charge in [-0.25, -0.2) is 4.98 Å². The molecule has 1 aliphatic rings. The number of rotatable bonds is 7. The van der Waals surface area contributed by atoms with Gasteiger partial charge < -0.3 is 9.47 Å². The Labute approximate surface area is 134 Å². The van der Waals surface area contributed by atoms with E-state index in [1.807, 2.05) is 19.4 Å². The zero-order chi connectivity index (χ0) is 15.9. The van der Waals surface area contributed by atoms with E-state index in [0.29, 0.717) is 18.2 Å². The van der Waals surface area contributed by atoms with Crippen molar-refractivity contribution in [2.45, 2.75) is 46.1 Å². The molecular formula is C17H30N4O. The van der Waals surface area contributed by atoms with E-state index >= 15 is 0 Å². The van der Waals surface area contributed by atoms with E-state index in [1.54, 1.807) is 0 Å². The van der Waals surface area contributed by atoms with Crippen LogP contribution in [0.5, 0.6) is 0 Å². The van der Waals surface area contributed by atoms with Crippen molar-refractivity contribution in [2.75, 3.05) is 26.2 Å². The number of nitrogens with zero attached hydrogens (tertiary/aromatic N) is 4. The van der Waals surface area contributed by atoms with Gasteiger partial charge >= 0.3 is 0 Å². The maximum atomic E-state index is 12.4. The van der Waals surface area contributed by atoms with Crippen molar-refractivity contribution in [3.63, 3.8) is 0 Å². The average molecular weight is 306 g/mol. The van der Waals surface area contributed by atoms with Crippen LogP contribution in [0.25, 0.3) is 0 Å². The third-order valence-corrected chi connectivity index (χ3v) is 4.48. The molecule has 1 fully saturated rings. The summed E-state index contributed by atoms with van der Waals surface area (Å²) in [6.07, 6.45) is 7.93. The molecule has 124 valence electrons. The largest absolute Gasteiger partial charge is 0.342 e. The van der Waals surface area contributed by atoms with Gasteiger partial charge in [0, 0.05) is 45.5 Å². The summed E-state index contributed by atoms with van der Waals surface area (Å²) < 4.78 is 2.05. The van der Waals surface area contributed by atoms with Crippen LogP contribution >= 0.6 is 0 Å². The molecule has 0 N–H and O–H groups in total. The van der Waals surface area contributed by atoms with E-state index < -0.39 is 0 Å². The fourth-order valence-electron chi connectivity index (χ4n) is 3.16. The Balaban J connectivity index is 1.83. The molecule has 2 heterocycles. The topological polar surface area (TPSA) is 41.4 Å². The van der Waals surface area contributed by atoms with Crippen LogP contribution in [-0.2, 0) is 18.4 Å². The normalized spacial score (nSPS) is 18.9. The molecule has 22 heavy (non-hydrogen) atoms. The minimum atomic E-state index is 0.312. The molecule has 1 saturated heterocycles. The van der Waals surface area contributed by atoms with Crippen LogP contribution in [0.15, 0.2) is 12.4 Å². The Morgan fingerprint density at radius 2 is 2.27 bits per heavy atom. The second kappa shape index (κ2) is 8.32. The number of carbonyl (C=O) groups excluding carboxylic acids is 1. The van der Waals surface area contributed by atoms with E-state index in [4.69, 9.17) is 0 Å². The molecule has 0 aliphatic carbocycles. The number of likely N-dealkylation sites (tertiary alicyclic amines) is 1. The Morgan fingerprint density at radius 3 is 2.91 bits per heavy atom. The first kappa shape index (κ1) is 17.0. The number of piperidine rings is 1. The number of carbonyl (C=O) groups is 1. The quantitative estimate of drug-likeness (QED) is 0.776. The van der Waals surface area contributed by atoms with E-state index in [9.17, 15) is 4.79 Å². The standard InChI is InChI=1S/C17H30N4O/c1-4-9-20(14-16-18-8-12-19(16)3)11-7-17(22)21-10-5-6-15(2)13-21/h8,12,15H,4-7,9-11,13-14H2,1-3H3. The highest BCUT2D eigenvalue weighted by atomic mass is 16.2. The SMILES string of the molecule is CCCN(CCC(=O)N1CCCC(C)C1)Cc1nccn1C. The van der Waals surface area contributed by atoms with Crippen LogP contribution in [0, 0.1) is 5.92 Å². The number of imidazole rings is 1. The van der Waals surface area contributed by atoms with Gasteiger partial charge in [0.15, 0.2) is 0 Å². The van der Waals surface area contributed by atoms with Crippen molar-refractivity contribution in [3.05, 3.63) is 18.2 Å². The van der Waals surface area contributed by atoms with Gasteiger partial charge in [-0.2, -0.15) is 0 Å².